The van der Waals surface area contributed by atoms with E-state index in [4.69, 9.17) is 0 Å². The standard InChI is InChI=1S/C16H16BrNO/c1-11-8-12-4-2-3-5-16(12)18(11)14-7-6-13(10-19)15(17)9-14/h2-7,9,11,19H,8,10H2,1H3. The third-order valence-electron chi connectivity index (χ3n) is 3.69. The fourth-order valence-corrected chi connectivity index (χ4v) is 3.27. The Kier molecular flexibility index (Phi) is 3.33. The average Bonchev–Trinajstić information content (AvgIpc) is 2.74. The Morgan fingerprint density at radius 1 is 1.26 bits per heavy atom. The van der Waals surface area contributed by atoms with Gasteiger partial charge in [0.2, 0.25) is 0 Å². The average molecular weight is 318 g/mol. The number of nitrogens with zero attached hydrogens (tertiary/aromatic N) is 1. The number of halogens is 1. The second kappa shape index (κ2) is 4.99. The number of benzene rings is 2. The minimum absolute atomic E-state index is 0.0625. The van der Waals surface area contributed by atoms with E-state index >= 15 is 0 Å². The monoisotopic (exact) mass is 317 g/mol. The highest BCUT2D eigenvalue weighted by Gasteiger charge is 2.26. The number of anilines is 2. The molecule has 0 fully saturated rings. The highest BCUT2D eigenvalue weighted by atomic mass is 79.9. The van der Waals surface area contributed by atoms with Crippen LogP contribution in [-0.4, -0.2) is 11.1 Å². The van der Waals surface area contributed by atoms with Gasteiger partial charge in [-0.1, -0.05) is 40.2 Å². The van der Waals surface area contributed by atoms with E-state index in [-0.39, 0.29) is 6.61 Å². The topological polar surface area (TPSA) is 23.5 Å². The van der Waals surface area contributed by atoms with E-state index in [1.807, 2.05) is 6.07 Å². The minimum atomic E-state index is 0.0625. The van der Waals surface area contributed by atoms with Crippen molar-refractivity contribution >= 4 is 27.3 Å². The number of hydrogen-bond acceptors (Lipinski definition) is 2. The maximum atomic E-state index is 9.24. The summed E-state index contributed by atoms with van der Waals surface area (Å²) in [4.78, 5) is 2.36. The number of hydrogen-bond donors (Lipinski definition) is 1. The van der Waals surface area contributed by atoms with Gasteiger partial charge in [-0.05, 0) is 42.7 Å². The first kappa shape index (κ1) is 12.7. The first-order valence-corrected chi connectivity index (χ1v) is 7.26. The molecule has 3 rings (SSSR count). The van der Waals surface area contributed by atoms with Crippen molar-refractivity contribution < 1.29 is 5.11 Å². The van der Waals surface area contributed by atoms with Crippen LogP contribution < -0.4 is 4.90 Å². The first-order valence-electron chi connectivity index (χ1n) is 6.47. The van der Waals surface area contributed by atoms with Gasteiger partial charge in [-0.2, -0.15) is 0 Å². The summed E-state index contributed by atoms with van der Waals surface area (Å²) >= 11 is 3.53. The smallest absolute Gasteiger partial charge is 0.0692 e. The molecule has 1 aliphatic rings. The molecule has 0 bridgehead atoms. The highest BCUT2D eigenvalue weighted by Crippen LogP contribution is 2.39. The van der Waals surface area contributed by atoms with Crippen LogP contribution in [0.5, 0.6) is 0 Å². The Morgan fingerprint density at radius 2 is 2.05 bits per heavy atom. The highest BCUT2D eigenvalue weighted by molar-refractivity contribution is 9.10. The lowest BCUT2D eigenvalue weighted by atomic mass is 10.1. The van der Waals surface area contributed by atoms with Gasteiger partial charge in [0.05, 0.1) is 6.61 Å². The molecule has 98 valence electrons. The first-order chi connectivity index (χ1) is 9.20. The third-order valence-corrected chi connectivity index (χ3v) is 4.43. The van der Waals surface area contributed by atoms with Gasteiger partial charge in [0, 0.05) is 21.9 Å². The molecule has 0 spiro atoms. The SMILES string of the molecule is CC1Cc2ccccc2N1c1ccc(CO)c(Br)c1. The molecule has 0 aromatic heterocycles. The maximum Gasteiger partial charge on any atom is 0.0692 e. The van der Waals surface area contributed by atoms with Gasteiger partial charge in [-0.15, -0.1) is 0 Å². The Labute approximate surface area is 121 Å². The zero-order valence-corrected chi connectivity index (χ0v) is 12.4. The molecule has 1 atom stereocenters. The number of rotatable bonds is 2. The van der Waals surface area contributed by atoms with Gasteiger partial charge >= 0.3 is 0 Å². The molecule has 1 aliphatic heterocycles. The Morgan fingerprint density at radius 3 is 2.79 bits per heavy atom. The summed E-state index contributed by atoms with van der Waals surface area (Å²) in [6, 6.07) is 15.2. The number of aliphatic hydroxyl groups is 1. The molecule has 0 saturated heterocycles. The van der Waals surface area contributed by atoms with E-state index < -0.39 is 0 Å². The van der Waals surface area contributed by atoms with Crippen LogP contribution in [0.2, 0.25) is 0 Å². The molecular weight excluding hydrogens is 302 g/mol. The van der Waals surface area contributed by atoms with Crippen molar-refractivity contribution in [1.29, 1.82) is 0 Å². The lowest BCUT2D eigenvalue weighted by Gasteiger charge is -2.25. The lowest BCUT2D eigenvalue weighted by Crippen LogP contribution is -2.23. The van der Waals surface area contributed by atoms with Gasteiger partial charge in [0.1, 0.15) is 0 Å². The summed E-state index contributed by atoms with van der Waals surface area (Å²) < 4.78 is 0.962. The van der Waals surface area contributed by atoms with Gasteiger partial charge in [0.15, 0.2) is 0 Å². The number of fused-ring (bicyclic) bond motifs is 1. The van der Waals surface area contributed by atoms with Crippen LogP contribution in [0.25, 0.3) is 0 Å². The second-order valence-electron chi connectivity index (χ2n) is 4.99. The van der Waals surface area contributed by atoms with Crippen molar-refractivity contribution in [2.75, 3.05) is 4.90 Å². The van der Waals surface area contributed by atoms with Crippen molar-refractivity contribution in [2.45, 2.75) is 26.0 Å². The third kappa shape index (κ3) is 2.17. The minimum Gasteiger partial charge on any atom is -0.392 e. The molecule has 0 aliphatic carbocycles. The molecule has 2 aromatic carbocycles. The molecule has 2 nitrogen and oxygen atoms in total. The van der Waals surface area contributed by atoms with E-state index in [0.717, 1.165) is 16.5 Å². The van der Waals surface area contributed by atoms with Crippen molar-refractivity contribution in [3.8, 4) is 0 Å². The molecule has 0 radical (unpaired) electrons. The molecule has 0 saturated carbocycles. The summed E-state index contributed by atoms with van der Waals surface area (Å²) in [6.07, 6.45) is 1.08. The normalized spacial score (nSPS) is 17.6. The van der Waals surface area contributed by atoms with Crippen molar-refractivity contribution in [1.82, 2.24) is 0 Å². The fraction of sp³-hybridized carbons (Fsp3) is 0.250. The van der Waals surface area contributed by atoms with Gasteiger partial charge in [-0.3, -0.25) is 0 Å². The molecule has 1 N–H and O–H groups in total. The van der Waals surface area contributed by atoms with Gasteiger partial charge in [-0.25, -0.2) is 0 Å². The largest absolute Gasteiger partial charge is 0.392 e. The van der Waals surface area contributed by atoms with Crippen molar-refractivity contribution in [3.05, 3.63) is 58.1 Å². The fourth-order valence-electron chi connectivity index (χ4n) is 2.77. The summed E-state index contributed by atoms with van der Waals surface area (Å²) in [5.41, 5.74) is 4.78. The number of para-hydroxylation sites is 1. The van der Waals surface area contributed by atoms with Crippen molar-refractivity contribution in [2.24, 2.45) is 0 Å². The maximum absolute atomic E-state index is 9.24. The molecule has 3 heteroatoms. The van der Waals surface area contributed by atoms with Crippen molar-refractivity contribution in [3.63, 3.8) is 0 Å². The van der Waals surface area contributed by atoms with E-state index in [1.165, 1.54) is 16.9 Å². The molecular formula is C16H16BrNO. The van der Waals surface area contributed by atoms with Crippen LogP contribution in [0.3, 0.4) is 0 Å². The predicted octanol–water partition coefficient (Wildman–Crippen LogP) is 4.02. The molecule has 1 heterocycles. The molecule has 0 amide bonds. The summed E-state index contributed by atoms with van der Waals surface area (Å²) in [7, 11) is 0. The van der Waals surface area contributed by atoms with Crippen LogP contribution in [-0.2, 0) is 13.0 Å². The van der Waals surface area contributed by atoms with Gasteiger partial charge in [0.25, 0.3) is 0 Å². The molecule has 2 aromatic rings. The quantitative estimate of drug-likeness (QED) is 0.904. The Hall–Kier alpha value is -1.32. The molecule has 1 unspecified atom stereocenters. The van der Waals surface area contributed by atoms with E-state index in [1.54, 1.807) is 0 Å². The Bertz CT molecular complexity index is 611. The van der Waals surface area contributed by atoms with Gasteiger partial charge < -0.3 is 10.0 Å². The van der Waals surface area contributed by atoms with Crippen LogP contribution >= 0.6 is 15.9 Å². The Balaban J connectivity index is 2.05. The second-order valence-corrected chi connectivity index (χ2v) is 5.84. The van der Waals surface area contributed by atoms with Crippen LogP contribution in [0, 0.1) is 0 Å². The van der Waals surface area contributed by atoms with Crippen LogP contribution in [0.4, 0.5) is 11.4 Å². The van der Waals surface area contributed by atoms with E-state index in [0.29, 0.717) is 6.04 Å². The summed E-state index contributed by atoms with van der Waals surface area (Å²) in [6.45, 7) is 2.31. The van der Waals surface area contributed by atoms with Crippen LogP contribution in [0.1, 0.15) is 18.1 Å². The zero-order chi connectivity index (χ0) is 13.4. The zero-order valence-electron chi connectivity index (χ0n) is 10.8. The summed E-state index contributed by atoms with van der Waals surface area (Å²) in [5.74, 6) is 0. The lowest BCUT2D eigenvalue weighted by molar-refractivity contribution is 0.281. The molecule has 19 heavy (non-hydrogen) atoms. The van der Waals surface area contributed by atoms with E-state index in [2.05, 4.69) is 64.2 Å². The number of aliphatic hydroxyl groups excluding tert-OH is 1. The summed E-state index contributed by atoms with van der Waals surface area (Å²) in [5, 5.41) is 9.24. The predicted molar refractivity (Wildman–Crippen MR) is 81.8 cm³/mol. The van der Waals surface area contributed by atoms with Crippen LogP contribution in [0.15, 0.2) is 46.9 Å². The van der Waals surface area contributed by atoms with E-state index in [9.17, 15) is 5.11 Å².